The van der Waals surface area contributed by atoms with Gasteiger partial charge < -0.3 is 10.6 Å². The van der Waals surface area contributed by atoms with E-state index in [9.17, 15) is 4.79 Å². The largest absolute Gasteiger partial charge is 0.350 e. The van der Waals surface area contributed by atoms with Gasteiger partial charge in [-0.3, -0.25) is 4.79 Å². The van der Waals surface area contributed by atoms with Crippen molar-refractivity contribution in [3.8, 4) is 0 Å². The first-order chi connectivity index (χ1) is 7.79. The van der Waals surface area contributed by atoms with Crippen molar-refractivity contribution in [2.45, 2.75) is 26.7 Å². The molecule has 0 radical (unpaired) electrons. The molecule has 1 aromatic rings. The Kier molecular flexibility index (Phi) is 5.95. The molecule has 1 amide bonds. The van der Waals surface area contributed by atoms with E-state index in [1.54, 1.807) is 0 Å². The van der Waals surface area contributed by atoms with Crippen molar-refractivity contribution in [2.75, 3.05) is 19.6 Å². The monoisotopic (exact) mass is 242 g/mol. The number of rotatable bonds is 7. The van der Waals surface area contributed by atoms with Crippen molar-refractivity contribution >= 4 is 17.4 Å². The van der Waals surface area contributed by atoms with Crippen molar-refractivity contribution in [2.24, 2.45) is 0 Å². The van der Waals surface area contributed by atoms with Gasteiger partial charge in [0.1, 0.15) is 4.88 Å². The van der Waals surface area contributed by atoms with Crippen LogP contribution in [0.4, 0.5) is 0 Å². The van der Waals surface area contributed by atoms with Crippen molar-refractivity contribution in [1.29, 1.82) is 0 Å². The number of nitrogens with zero attached hydrogens (tertiary/aromatic N) is 2. The smallest absolute Gasteiger partial charge is 0.264 e. The van der Waals surface area contributed by atoms with Crippen molar-refractivity contribution in [3.05, 3.63) is 10.6 Å². The summed E-state index contributed by atoms with van der Waals surface area (Å²) in [6, 6.07) is 0. The fourth-order valence-electron chi connectivity index (χ4n) is 1.30. The van der Waals surface area contributed by atoms with Gasteiger partial charge in [0.05, 0.1) is 5.69 Å². The minimum absolute atomic E-state index is 0.0589. The molecule has 6 heteroatoms. The maximum absolute atomic E-state index is 11.8. The van der Waals surface area contributed by atoms with Crippen molar-refractivity contribution < 1.29 is 4.79 Å². The molecule has 0 unspecified atom stereocenters. The Morgan fingerprint density at radius 2 is 2.19 bits per heavy atom. The van der Waals surface area contributed by atoms with Gasteiger partial charge in [-0.15, -0.1) is 5.10 Å². The molecular weight excluding hydrogens is 224 g/mol. The molecule has 1 aromatic heterocycles. The van der Waals surface area contributed by atoms with Gasteiger partial charge in [0, 0.05) is 13.1 Å². The maximum Gasteiger partial charge on any atom is 0.264 e. The van der Waals surface area contributed by atoms with E-state index in [1.807, 2.05) is 6.92 Å². The number of carbonyl (C=O) groups is 1. The van der Waals surface area contributed by atoms with Gasteiger partial charge in [-0.2, -0.15) is 0 Å². The fraction of sp³-hybridized carbons (Fsp3) is 0.700. The maximum atomic E-state index is 11.8. The van der Waals surface area contributed by atoms with E-state index in [0.717, 1.165) is 31.6 Å². The van der Waals surface area contributed by atoms with Crippen LogP contribution in [0.15, 0.2) is 0 Å². The van der Waals surface area contributed by atoms with Gasteiger partial charge in [0.2, 0.25) is 0 Å². The quantitative estimate of drug-likeness (QED) is 0.695. The third kappa shape index (κ3) is 3.86. The molecule has 0 fully saturated rings. The zero-order valence-electron chi connectivity index (χ0n) is 9.75. The summed E-state index contributed by atoms with van der Waals surface area (Å²) in [4.78, 5) is 12.4. The standard InChI is InChI=1S/C10H18N4OS/c1-3-5-8-9(16-14-13-8)10(15)12-7-6-11-4-2/h11H,3-7H2,1-2H3,(H,12,15). The van der Waals surface area contributed by atoms with Gasteiger partial charge in [-0.25, -0.2) is 0 Å². The zero-order valence-corrected chi connectivity index (χ0v) is 10.6. The number of likely N-dealkylation sites (N-methyl/N-ethyl adjacent to an activating group) is 1. The summed E-state index contributed by atoms with van der Waals surface area (Å²) in [7, 11) is 0. The highest BCUT2D eigenvalue weighted by Gasteiger charge is 2.14. The molecule has 0 spiro atoms. The van der Waals surface area contributed by atoms with Crippen LogP contribution in [0.3, 0.4) is 0 Å². The third-order valence-corrected chi connectivity index (χ3v) is 2.85. The number of carbonyl (C=O) groups excluding carboxylic acids is 1. The van der Waals surface area contributed by atoms with E-state index in [4.69, 9.17) is 0 Å². The van der Waals surface area contributed by atoms with Gasteiger partial charge in [-0.05, 0) is 24.5 Å². The van der Waals surface area contributed by atoms with E-state index in [-0.39, 0.29) is 5.91 Å². The summed E-state index contributed by atoms with van der Waals surface area (Å²) in [5, 5.41) is 9.96. The van der Waals surface area contributed by atoms with Crippen LogP contribution in [0.2, 0.25) is 0 Å². The van der Waals surface area contributed by atoms with Crippen LogP contribution in [0, 0.1) is 0 Å². The molecule has 0 aliphatic carbocycles. The van der Waals surface area contributed by atoms with E-state index in [2.05, 4.69) is 27.1 Å². The summed E-state index contributed by atoms with van der Waals surface area (Å²) in [5.74, 6) is -0.0589. The van der Waals surface area contributed by atoms with Crippen LogP contribution in [-0.4, -0.2) is 35.1 Å². The van der Waals surface area contributed by atoms with Crippen LogP contribution in [-0.2, 0) is 6.42 Å². The SMILES string of the molecule is CCCc1nnsc1C(=O)NCCNCC. The molecule has 1 rings (SSSR count). The Bertz CT molecular complexity index is 326. The lowest BCUT2D eigenvalue weighted by Gasteiger charge is -2.04. The average Bonchev–Trinajstić information content (AvgIpc) is 2.73. The minimum Gasteiger partial charge on any atom is -0.350 e. The first-order valence-electron chi connectivity index (χ1n) is 5.59. The number of nitrogens with one attached hydrogen (secondary N) is 2. The Labute approximate surface area is 99.8 Å². The Balaban J connectivity index is 2.42. The molecule has 90 valence electrons. The van der Waals surface area contributed by atoms with Crippen LogP contribution in [0.1, 0.15) is 35.6 Å². The molecule has 0 aromatic carbocycles. The molecule has 2 N–H and O–H groups in total. The van der Waals surface area contributed by atoms with E-state index < -0.39 is 0 Å². The number of hydrogen-bond acceptors (Lipinski definition) is 5. The van der Waals surface area contributed by atoms with Gasteiger partial charge in [-0.1, -0.05) is 24.8 Å². The second kappa shape index (κ2) is 7.29. The van der Waals surface area contributed by atoms with Crippen molar-refractivity contribution in [1.82, 2.24) is 20.2 Å². The summed E-state index contributed by atoms with van der Waals surface area (Å²) < 4.78 is 3.82. The Hall–Kier alpha value is -1.01. The molecule has 0 saturated heterocycles. The van der Waals surface area contributed by atoms with Gasteiger partial charge in [0.15, 0.2) is 0 Å². The Morgan fingerprint density at radius 1 is 1.38 bits per heavy atom. The molecule has 5 nitrogen and oxygen atoms in total. The molecule has 0 bridgehead atoms. The topological polar surface area (TPSA) is 66.9 Å². The molecule has 0 aliphatic rings. The fourth-order valence-corrected chi connectivity index (χ4v) is 1.93. The number of aromatic nitrogens is 2. The summed E-state index contributed by atoms with van der Waals surface area (Å²) >= 11 is 1.17. The summed E-state index contributed by atoms with van der Waals surface area (Å²) in [6.45, 7) is 6.44. The van der Waals surface area contributed by atoms with Crippen LogP contribution in [0.25, 0.3) is 0 Å². The lowest BCUT2D eigenvalue weighted by atomic mass is 10.2. The second-order valence-corrected chi connectivity index (χ2v) is 4.16. The predicted molar refractivity (Wildman–Crippen MR) is 64.8 cm³/mol. The third-order valence-electron chi connectivity index (χ3n) is 2.09. The predicted octanol–water partition coefficient (Wildman–Crippen LogP) is 0.830. The van der Waals surface area contributed by atoms with Crippen molar-refractivity contribution in [3.63, 3.8) is 0 Å². The average molecular weight is 242 g/mol. The lowest BCUT2D eigenvalue weighted by molar-refractivity contribution is 0.0957. The minimum atomic E-state index is -0.0589. The summed E-state index contributed by atoms with van der Waals surface area (Å²) in [6.07, 6.45) is 1.79. The molecule has 1 heterocycles. The lowest BCUT2D eigenvalue weighted by Crippen LogP contribution is -2.31. The van der Waals surface area contributed by atoms with E-state index >= 15 is 0 Å². The van der Waals surface area contributed by atoms with E-state index in [0.29, 0.717) is 11.4 Å². The molecular formula is C10H18N4OS. The van der Waals surface area contributed by atoms with Crippen LogP contribution < -0.4 is 10.6 Å². The molecule has 0 saturated carbocycles. The highest BCUT2D eigenvalue weighted by molar-refractivity contribution is 7.08. The molecule has 0 atom stereocenters. The number of amides is 1. The number of aryl methyl sites for hydroxylation is 1. The van der Waals surface area contributed by atoms with Crippen LogP contribution in [0.5, 0.6) is 0 Å². The summed E-state index contributed by atoms with van der Waals surface area (Å²) in [5.41, 5.74) is 0.813. The first kappa shape index (κ1) is 13.1. The Morgan fingerprint density at radius 3 is 2.88 bits per heavy atom. The molecule has 0 aliphatic heterocycles. The zero-order chi connectivity index (χ0) is 11.8. The number of hydrogen-bond donors (Lipinski definition) is 2. The second-order valence-electron chi connectivity index (χ2n) is 3.41. The normalized spacial score (nSPS) is 10.4. The van der Waals surface area contributed by atoms with Crippen LogP contribution >= 0.6 is 11.5 Å². The van der Waals surface area contributed by atoms with E-state index in [1.165, 1.54) is 11.5 Å². The highest BCUT2D eigenvalue weighted by atomic mass is 32.1. The van der Waals surface area contributed by atoms with Gasteiger partial charge >= 0.3 is 0 Å². The van der Waals surface area contributed by atoms with Gasteiger partial charge in [0.25, 0.3) is 5.91 Å². The molecule has 16 heavy (non-hydrogen) atoms. The highest BCUT2D eigenvalue weighted by Crippen LogP contribution is 2.11. The first-order valence-corrected chi connectivity index (χ1v) is 6.37.